The van der Waals surface area contributed by atoms with Gasteiger partial charge in [-0.05, 0) is 126 Å². The van der Waals surface area contributed by atoms with Gasteiger partial charge in [0.2, 0.25) is 11.0 Å². The molecule has 704 valence electrons. The maximum absolute atomic E-state index is 13.8. The van der Waals surface area contributed by atoms with E-state index in [1.54, 1.807) is 12.1 Å². The highest BCUT2D eigenvalue weighted by Gasteiger charge is 2.50. The van der Waals surface area contributed by atoms with Crippen molar-refractivity contribution in [3.05, 3.63) is 197 Å². The Kier molecular flexibility index (Phi) is 21.8. The van der Waals surface area contributed by atoms with Gasteiger partial charge in [0.25, 0.3) is 35.4 Å². The lowest BCUT2D eigenvalue weighted by Crippen LogP contribution is -2.21. The number of nitriles is 2. The standard InChI is InChI=1S/2C22H11F9N6.C22H5F3N10.C18H5F7N6/c1-6-4-10-11(5-9(6)20(23,24)25)35-15-14(34-10)12-13(33-8(3)7(2)32-12)16-17(15)37-19(22(29,30)31)18(36-16)21(26,27)28;1-6-4-9(20(23,24)25)11-10(5-6)34-14-12-13(33-8(3)7(2)32-12)16-17(15(14)35-11)37-19(22(29,30)31)18(36-16)21(26,27)28;1-8-4-9(22(23,24)25)13-10(5-8)30-16-17(33-13)14-15(32-12(7-27)11(6-26)31-14)18-19(16)35-21(29-3)20(28-2)34-18;1-4-2-6-7(3-5(4)18(23,24)25)27-9-8(26-6)10-12(30-16(21)14(19)28-10)13-11(9)29-15(20)17(22)31-13/h2*4-5H,1-3H3;4-5H,1H3;2-3H,1H3. The van der Waals surface area contributed by atoms with Crippen molar-refractivity contribution in [3.8, 4) is 12.1 Å². The van der Waals surface area contributed by atoms with E-state index in [0.717, 1.165) is 30.3 Å². The highest BCUT2D eigenvalue weighted by molar-refractivity contribution is 6.23. The zero-order chi connectivity index (χ0) is 102. The minimum atomic E-state index is -5.60. The van der Waals surface area contributed by atoms with Crippen LogP contribution in [0.25, 0.3) is 186 Å². The second-order valence-electron chi connectivity index (χ2n) is 30.4. The Bertz CT molecular complexity index is 9180. The van der Waals surface area contributed by atoms with Gasteiger partial charge in [0.15, 0.2) is 34.2 Å². The minimum absolute atomic E-state index is 0.0271. The van der Waals surface area contributed by atoms with Gasteiger partial charge in [-0.25, -0.2) is 110 Å². The average Bonchev–Trinajstić information content (AvgIpc) is 0.721. The first-order valence-corrected chi connectivity index (χ1v) is 38.5. The fourth-order valence-electron chi connectivity index (χ4n) is 14.8. The Morgan fingerprint density at radius 2 is 0.414 bits per heavy atom. The van der Waals surface area contributed by atoms with E-state index in [0.29, 0.717) is 17.5 Å². The molecule has 0 saturated carbocycles. The number of rotatable bonds is 0. The van der Waals surface area contributed by atoms with Crippen molar-refractivity contribution in [2.75, 3.05) is 0 Å². The first-order valence-electron chi connectivity index (χ1n) is 38.5. The molecule has 20 rings (SSSR count). The molecule has 12 aromatic heterocycles. The van der Waals surface area contributed by atoms with Crippen molar-refractivity contribution in [1.29, 1.82) is 10.5 Å². The molecule has 140 heavy (non-hydrogen) atoms. The topological polar surface area (TPSA) is 366 Å². The van der Waals surface area contributed by atoms with Crippen molar-refractivity contribution in [2.45, 2.75) is 105 Å². The van der Waals surface area contributed by atoms with Gasteiger partial charge in [-0.3, -0.25) is 0 Å². The number of halogens is 28. The van der Waals surface area contributed by atoms with E-state index < -0.39 is 184 Å². The van der Waals surface area contributed by atoms with Crippen LogP contribution in [0.1, 0.15) is 101 Å². The predicted octanol–water partition coefficient (Wildman–Crippen LogP) is 22.7. The zero-order valence-electron chi connectivity index (χ0n) is 69.7. The third-order valence-corrected chi connectivity index (χ3v) is 21.1. The molecule has 8 aromatic carbocycles. The Morgan fingerprint density at radius 1 is 0.214 bits per heavy atom. The van der Waals surface area contributed by atoms with Crippen LogP contribution in [-0.2, 0) is 49.4 Å². The maximum Gasteiger partial charge on any atom is 0.435 e. The molecule has 12 heterocycles. The van der Waals surface area contributed by atoms with E-state index in [4.69, 9.17) is 13.1 Å². The van der Waals surface area contributed by atoms with Gasteiger partial charge < -0.3 is 9.69 Å². The SMILES string of the molecule is Cc1cc(C(F)(F)F)c2nc3c4nc(C(F)(F)F)c(C(F)(F)F)nc4c4nc(C)c(C)nc4c3nc2c1.Cc1cc2nc3c4nc(C)c(C)nc4c4nc(C(F)(F)F)c(C(F)(F)F)nc4c3nc2cc1C(F)(F)F.Cc1cc2nc3c4nc(F)c(F)nc4c4nc(F)c(F)nc4c3nc2cc1C(F)(F)F.[C-]#[N+]c1nc2c3nc(C#N)c(C#N)nc3c3nc4c(C(F)(F)F)cc(C)cc4nc3c2nc1[N+]#[C-]. The minimum Gasteiger partial charge on any atom is -0.370 e. The van der Waals surface area contributed by atoms with Gasteiger partial charge in [0, 0.05) is 0 Å². The zero-order valence-corrected chi connectivity index (χ0v) is 69.7. The third-order valence-electron chi connectivity index (χ3n) is 21.1. The molecule has 0 saturated heterocycles. The Morgan fingerprint density at radius 3 is 0.643 bits per heavy atom. The molecular weight excluding hydrogens is 1930 g/mol. The van der Waals surface area contributed by atoms with Crippen LogP contribution in [0, 0.1) is 115 Å². The second kappa shape index (κ2) is 32.3. The molecule has 28 nitrogen and oxygen atoms in total. The Labute approximate surface area is 752 Å². The van der Waals surface area contributed by atoms with Gasteiger partial charge in [0.1, 0.15) is 145 Å². The Hall–Kier alpha value is -17.1. The van der Waals surface area contributed by atoms with Gasteiger partial charge in [0.05, 0.1) is 78.1 Å². The van der Waals surface area contributed by atoms with E-state index in [1.807, 2.05) is 0 Å². The molecule has 0 spiro atoms. The number of alkyl halides is 24. The van der Waals surface area contributed by atoms with E-state index in [1.165, 1.54) is 67.5 Å². The van der Waals surface area contributed by atoms with Crippen molar-refractivity contribution in [2.24, 2.45) is 0 Å². The van der Waals surface area contributed by atoms with Crippen LogP contribution >= 0.6 is 0 Å². The number of hydrogen-bond donors (Lipinski definition) is 0. The van der Waals surface area contributed by atoms with E-state index in [2.05, 4.69) is 129 Å². The summed E-state index contributed by atoms with van der Waals surface area (Å²) >= 11 is 0. The number of fused-ring (bicyclic) bond motifs is 28. The average molecular weight is 1970 g/mol. The fourth-order valence-corrected chi connectivity index (χ4v) is 14.8. The molecule has 20 aromatic rings. The lowest BCUT2D eigenvalue weighted by molar-refractivity contribution is -0.167. The molecule has 0 unspecified atom stereocenters. The lowest BCUT2D eigenvalue weighted by Gasteiger charge is -2.17. The van der Waals surface area contributed by atoms with E-state index in [9.17, 15) is 133 Å². The summed E-state index contributed by atoms with van der Waals surface area (Å²) in [6.45, 7) is 25.9. The number of aryl methyl sites for hydroxylation is 8. The number of aromatic nitrogens is 24. The number of benzene rings is 8. The summed E-state index contributed by atoms with van der Waals surface area (Å²) in [5.41, 5.74) is -24.0. The summed E-state index contributed by atoms with van der Waals surface area (Å²) in [4.78, 5) is 99.5. The van der Waals surface area contributed by atoms with Crippen LogP contribution in [0.5, 0.6) is 0 Å². The van der Waals surface area contributed by atoms with Crippen molar-refractivity contribution >= 4 is 188 Å². The second-order valence-corrected chi connectivity index (χ2v) is 30.4. The summed E-state index contributed by atoms with van der Waals surface area (Å²) in [5.74, 6) is -7.21. The fraction of sp³-hybridized carbons (Fsp3) is 0.190. The van der Waals surface area contributed by atoms with Gasteiger partial charge in [-0.1, -0.05) is 13.1 Å². The third kappa shape index (κ3) is 16.3. The highest BCUT2D eigenvalue weighted by Crippen LogP contribution is 2.48. The smallest absolute Gasteiger partial charge is 0.370 e. The van der Waals surface area contributed by atoms with Crippen LogP contribution in [-0.4, -0.2) is 120 Å². The van der Waals surface area contributed by atoms with E-state index in [-0.39, 0.29) is 167 Å². The molecular formula is C84H32F28N28. The molecule has 0 bridgehead atoms. The molecule has 0 fully saturated rings. The van der Waals surface area contributed by atoms with Crippen LogP contribution in [0.4, 0.5) is 135 Å². The monoisotopic (exact) mass is 1960 g/mol. The van der Waals surface area contributed by atoms with Crippen molar-refractivity contribution < 1.29 is 123 Å². The predicted molar refractivity (Wildman–Crippen MR) is 433 cm³/mol. The summed E-state index contributed by atoms with van der Waals surface area (Å²) in [6.07, 6.45) is -41.4. The summed E-state index contributed by atoms with van der Waals surface area (Å²) in [5, 5.41) is 18.8. The van der Waals surface area contributed by atoms with Crippen LogP contribution in [0.15, 0.2) is 48.5 Å². The van der Waals surface area contributed by atoms with Crippen LogP contribution in [0.2, 0.25) is 0 Å². The molecule has 56 heteroatoms. The van der Waals surface area contributed by atoms with Gasteiger partial charge >= 0.3 is 49.4 Å². The van der Waals surface area contributed by atoms with Crippen LogP contribution in [0.3, 0.4) is 0 Å². The number of nitrogens with zero attached hydrogens (tertiary/aromatic N) is 28. The first-order chi connectivity index (χ1) is 65.2. The van der Waals surface area contributed by atoms with Crippen molar-refractivity contribution in [3.63, 3.8) is 0 Å². The summed E-state index contributed by atoms with van der Waals surface area (Å²) in [6, 6.07) is 11.4. The highest BCUT2D eigenvalue weighted by atomic mass is 19.4. The molecule has 0 aliphatic heterocycles. The Balaban J connectivity index is 0.000000129. The molecule has 0 aliphatic carbocycles. The normalized spacial score (nSPS) is 12.7. The lowest BCUT2D eigenvalue weighted by atomic mass is 10.1. The van der Waals surface area contributed by atoms with Crippen LogP contribution < -0.4 is 0 Å². The summed E-state index contributed by atoms with van der Waals surface area (Å²) in [7, 11) is 0. The molecule has 0 amide bonds. The number of hydrogen-bond acceptors (Lipinski definition) is 26. The maximum atomic E-state index is 13.8. The molecule has 0 N–H and O–H groups in total. The van der Waals surface area contributed by atoms with Gasteiger partial charge in [-0.15, -0.1) is 9.97 Å². The summed E-state index contributed by atoms with van der Waals surface area (Å²) < 4.78 is 381. The molecule has 0 atom stereocenters. The molecule has 0 aliphatic rings. The van der Waals surface area contributed by atoms with E-state index >= 15 is 0 Å². The van der Waals surface area contributed by atoms with Crippen molar-refractivity contribution in [1.82, 2.24) is 120 Å². The largest absolute Gasteiger partial charge is 0.435 e. The quantitative estimate of drug-likeness (QED) is 0.0589. The molecule has 0 radical (unpaired) electrons. The van der Waals surface area contributed by atoms with Gasteiger partial charge in [-0.2, -0.15) is 133 Å². The first kappa shape index (κ1) is 94.6.